The first kappa shape index (κ1) is 19.2. The highest BCUT2D eigenvalue weighted by Crippen LogP contribution is 2.36. The van der Waals surface area contributed by atoms with Gasteiger partial charge in [0.15, 0.2) is 0 Å². The molecule has 1 aliphatic heterocycles. The Bertz CT molecular complexity index is 938. The van der Waals surface area contributed by atoms with Crippen LogP contribution in [-0.4, -0.2) is 17.6 Å². The van der Waals surface area contributed by atoms with Crippen LogP contribution < -0.4 is 10.6 Å². The Labute approximate surface area is 170 Å². The van der Waals surface area contributed by atoms with Crippen LogP contribution in [-0.2, 0) is 9.59 Å². The lowest BCUT2D eigenvalue weighted by Crippen LogP contribution is -2.31. The average molecular weight is 442 g/mol. The van der Waals surface area contributed by atoms with E-state index in [0.717, 1.165) is 10.0 Å². The van der Waals surface area contributed by atoms with E-state index in [2.05, 4.69) is 32.6 Å². The summed E-state index contributed by atoms with van der Waals surface area (Å²) in [7, 11) is 0. The number of hydrogen-bond acceptors (Lipinski definition) is 4. The Morgan fingerprint density at radius 1 is 1.26 bits per heavy atom. The molecule has 0 aromatic heterocycles. The molecular formula is C20H16BrN3O2S. The van der Waals surface area contributed by atoms with Gasteiger partial charge in [0.25, 0.3) is 0 Å². The minimum atomic E-state index is -0.319. The van der Waals surface area contributed by atoms with Crippen molar-refractivity contribution in [2.45, 2.75) is 12.3 Å². The molecule has 0 saturated heterocycles. The minimum Gasteiger partial charge on any atom is -0.325 e. The summed E-state index contributed by atoms with van der Waals surface area (Å²) in [6.45, 7) is 0. The Morgan fingerprint density at radius 3 is 2.74 bits per heavy atom. The maximum absolute atomic E-state index is 12.2. The molecule has 0 fully saturated rings. The normalized spacial score (nSPS) is 16.4. The highest BCUT2D eigenvalue weighted by molar-refractivity contribution is 9.10. The van der Waals surface area contributed by atoms with E-state index >= 15 is 0 Å². The molecule has 2 aromatic carbocycles. The van der Waals surface area contributed by atoms with E-state index in [-0.39, 0.29) is 29.9 Å². The van der Waals surface area contributed by atoms with Gasteiger partial charge in [0.05, 0.1) is 22.4 Å². The van der Waals surface area contributed by atoms with Crippen molar-refractivity contribution >= 4 is 45.2 Å². The molecule has 1 atom stereocenters. The fourth-order valence-corrected chi connectivity index (χ4v) is 4.09. The standard InChI is InChI=1S/C20H16BrN3O2S/c21-14-6-4-5-13(9-14)16-10-18(25)24-20(17(16)11-22)27-12-19(26)23-15-7-2-1-3-8-15/h1-9,16H,10,12H2,(H,23,26)(H,24,25). The number of halogens is 1. The van der Waals surface area contributed by atoms with Gasteiger partial charge in [-0.1, -0.05) is 58.0 Å². The van der Waals surface area contributed by atoms with Crippen molar-refractivity contribution in [3.63, 3.8) is 0 Å². The summed E-state index contributed by atoms with van der Waals surface area (Å²) in [5, 5.41) is 15.6. The maximum atomic E-state index is 12.2. The molecule has 7 heteroatoms. The number of amides is 2. The van der Waals surface area contributed by atoms with Gasteiger partial charge in [-0.2, -0.15) is 5.26 Å². The summed E-state index contributed by atoms with van der Waals surface area (Å²) in [6.07, 6.45) is 0.208. The third-order valence-electron chi connectivity index (χ3n) is 4.01. The molecule has 1 aliphatic rings. The van der Waals surface area contributed by atoms with Crippen LogP contribution in [0.4, 0.5) is 5.69 Å². The van der Waals surface area contributed by atoms with E-state index in [1.807, 2.05) is 42.5 Å². The monoisotopic (exact) mass is 441 g/mol. The number of nitrogens with one attached hydrogen (secondary N) is 2. The maximum Gasteiger partial charge on any atom is 0.234 e. The predicted molar refractivity (Wildman–Crippen MR) is 110 cm³/mol. The Balaban J connectivity index is 1.76. The summed E-state index contributed by atoms with van der Waals surface area (Å²) in [4.78, 5) is 24.3. The number of carbonyl (C=O) groups is 2. The predicted octanol–water partition coefficient (Wildman–Crippen LogP) is 4.16. The van der Waals surface area contributed by atoms with Crippen molar-refractivity contribution < 1.29 is 9.59 Å². The smallest absolute Gasteiger partial charge is 0.234 e. The van der Waals surface area contributed by atoms with Crippen LogP contribution in [0.1, 0.15) is 17.9 Å². The molecule has 0 radical (unpaired) electrons. The number of para-hydroxylation sites is 1. The van der Waals surface area contributed by atoms with E-state index in [1.165, 1.54) is 11.8 Å². The SMILES string of the molecule is N#CC1=C(SCC(=O)Nc2ccccc2)NC(=O)CC1c1cccc(Br)c1. The Morgan fingerprint density at radius 2 is 2.04 bits per heavy atom. The van der Waals surface area contributed by atoms with Crippen LogP contribution in [0.2, 0.25) is 0 Å². The van der Waals surface area contributed by atoms with E-state index in [9.17, 15) is 14.9 Å². The summed E-state index contributed by atoms with van der Waals surface area (Å²) >= 11 is 4.59. The second-order valence-corrected chi connectivity index (χ2v) is 7.82. The molecule has 2 aromatic rings. The molecule has 27 heavy (non-hydrogen) atoms. The van der Waals surface area contributed by atoms with Crippen molar-refractivity contribution in [3.8, 4) is 6.07 Å². The van der Waals surface area contributed by atoms with E-state index < -0.39 is 0 Å². The van der Waals surface area contributed by atoms with Crippen molar-refractivity contribution in [1.82, 2.24) is 5.32 Å². The van der Waals surface area contributed by atoms with Gasteiger partial charge in [-0.15, -0.1) is 0 Å². The molecule has 0 aliphatic carbocycles. The molecule has 0 saturated carbocycles. The second-order valence-electron chi connectivity index (χ2n) is 5.92. The molecule has 2 amide bonds. The fraction of sp³-hybridized carbons (Fsp3) is 0.150. The van der Waals surface area contributed by atoms with Crippen LogP contribution in [0.25, 0.3) is 0 Å². The average Bonchev–Trinajstić information content (AvgIpc) is 2.66. The lowest BCUT2D eigenvalue weighted by Gasteiger charge is -2.25. The van der Waals surface area contributed by atoms with Gasteiger partial charge >= 0.3 is 0 Å². The lowest BCUT2D eigenvalue weighted by molar-refractivity contribution is -0.121. The van der Waals surface area contributed by atoms with Gasteiger partial charge in [0.1, 0.15) is 0 Å². The highest BCUT2D eigenvalue weighted by Gasteiger charge is 2.29. The van der Waals surface area contributed by atoms with Crippen molar-refractivity contribution in [3.05, 3.63) is 75.2 Å². The van der Waals surface area contributed by atoms with Gasteiger partial charge < -0.3 is 10.6 Å². The van der Waals surface area contributed by atoms with Crippen LogP contribution in [0.5, 0.6) is 0 Å². The summed E-state index contributed by atoms with van der Waals surface area (Å²) in [5.41, 5.74) is 2.07. The van der Waals surface area contributed by atoms with Gasteiger partial charge in [-0.3, -0.25) is 9.59 Å². The van der Waals surface area contributed by atoms with Crippen molar-refractivity contribution in [2.24, 2.45) is 0 Å². The van der Waals surface area contributed by atoms with Crippen molar-refractivity contribution in [2.75, 3.05) is 11.1 Å². The van der Waals surface area contributed by atoms with Crippen LogP contribution in [0.15, 0.2) is 69.7 Å². The van der Waals surface area contributed by atoms with Crippen LogP contribution >= 0.6 is 27.7 Å². The first-order chi connectivity index (χ1) is 13.1. The first-order valence-electron chi connectivity index (χ1n) is 8.24. The zero-order chi connectivity index (χ0) is 19.2. The summed E-state index contributed by atoms with van der Waals surface area (Å²) in [5.74, 6) is -0.582. The summed E-state index contributed by atoms with van der Waals surface area (Å²) in [6, 6.07) is 18.9. The Kier molecular flexibility index (Phi) is 6.32. The van der Waals surface area contributed by atoms with E-state index in [1.54, 1.807) is 12.1 Å². The van der Waals surface area contributed by atoms with Crippen molar-refractivity contribution in [1.29, 1.82) is 5.26 Å². The molecule has 136 valence electrons. The largest absolute Gasteiger partial charge is 0.325 e. The second kappa shape index (κ2) is 8.89. The van der Waals surface area contributed by atoms with Crippen LogP contribution in [0, 0.1) is 11.3 Å². The molecule has 1 heterocycles. The molecular weight excluding hydrogens is 426 g/mol. The molecule has 3 rings (SSSR count). The number of thioether (sulfide) groups is 1. The number of benzene rings is 2. The third kappa shape index (κ3) is 5.00. The first-order valence-corrected chi connectivity index (χ1v) is 10.0. The van der Waals surface area contributed by atoms with E-state index in [4.69, 9.17) is 0 Å². The lowest BCUT2D eigenvalue weighted by atomic mass is 9.87. The van der Waals surface area contributed by atoms with Crippen LogP contribution in [0.3, 0.4) is 0 Å². The van der Waals surface area contributed by atoms with Gasteiger partial charge in [-0.25, -0.2) is 0 Å². The number of carbonyl (C=O) groups excluding carboxylic acids is 2. The fourth-order valence-electron chi connectivity index (χ4n) is 2.80. The summed E-state index contributed by atoms with van der Waals surface area (Å²) < 4.78 is 0.889. The molecule has 0 bridgehead atoms. The van der Waals surface area contributed by atoms with Gasteiger partial charge in [-0.05, 0) is 29.8 Å². The zero-order valence-electron chi connectivity index (χ0n) is 14.2. The van der Waals surface area contributed by atoms with Gasteiger partial charge in [0.2, 0.25) is 11.8 Å². The molecule has 0 spiro atoms. The number of allylic oxidation sites excluding steroid dienone is 1. The van der Waals surface area contributed by atoms with E-state index in [0.29, 0.717) is 16.3 Å². The topological polar surface area (TPSA) is 82.0 Å². The highest BCUT2D eigenvalue weighted by atomic mass is 79.9. The minimum absolute atomic E-state index is 0.0981. The Hall–Kier alpha value is -2.56. The van der Waals surface area contributed by atoms with Gasteiger partial charge in [0, 0.05) is 22.5 Å². The number of hydrogen-bond donors (Lipinski definition) is 2. The number of anilines is 1. The third-order valence-corrected chi connectivity index (χ3v) is 5.52. The number of rotatable bonds is 5. The quantitative estimate of drug-likeness (QED) is 0.729. The number of nitrogens with zero attached hydrogens (tertiary/aromatic N) is 1. The molecule has 5 nitrogen and oxygen atoms in total. The molecule has 2 N–H and O–H groups in total. The molecule has 1 unspecified atom stereocenters. The zero-order valence-corrected chi connectivity index (χ0v) is 16.6. The number of nitriles is 1.